The SMILES string of the molecule is CNC(C)CC(C)(C)CC1CCOCC1. The van der Waals surface area contributed by atoms with Crippen LogP contribution in [0.15, 0.2) is 0 Å². The minimum absolute atomic E-state index is 0.463. The van der Waals surface area contributed by atoms with E-state index < -0.39 is 0 Å². The van der Waals surface area contributed by atoms with Gasteiger partial charge < -0.3 is 10.1 Å². The van der Waals surface area contributed by atoms with Gasteiger partial charge in [0.1, 0.15) is 0 Å². The second-order valence-corrected chi connectivity index (χ2v) is 5.82. The van der Waals surface area contributed by atoms with Crippen molar-refractivity contribution in [3.63, 3.8) is 0 Å². The van der Waals surface area contributed by atoms with E-state index in [2.05, 4.69) is 33.1 Å². The van der Waals surface area contributed by atoms with Crippen LogP contribution in [-0.4, -0.2) is 26.3 Å². The van der Waals surface area contributed by atoms with Gasteiger partial charge in [0.25, 0.3) is 0 Å². The largest absolute Gasteiger partial charge is 0.381 e. The molecule has 0 aromatic rings. The van der Waals surface area contributed by atoms with Crippen LogP contribution in [-0.2, 0) is 4.74 Å². The highest BCUT2D eigenvalue weighted by Crippen LogP contribution is 2.34. The lowest BCUT2D eigenvalue weighted by Gasteiger charge is -2.33. The van der Waals surface area contributed by atoms with Crippen molar-refractivity contribution in [3.8, 4) is 0 Å². The first-order valence-corrected chi connectivity index (χ1v) is 6.28. The number of hydrogen-bond donors (Lipinski definition) is 1. The third-order valence-corrected chi connectivity index (χ3v) is 3.53. The van der Waals surface area contributed by atoms with Crippen LogP contribution < -0.4 is 5.32 Å². The first-order chi connectivity index (χ1) is 7.03. The summed E-state index contributed by atoms with van der Waals surface area (Å²) in [6.45, 7) is 9.02. The lowest BCUT2D eigenvalue weighted by molar-refractivity contribution is 0.0491. The third-order valence-electron chi connectivity index (χ3n) is 3.53. The lowest BCUT2D eigenvalue weighted by Crippen LogP contribution is -2.30. The monoisotopic (exact) mass is 213 g/mol. The van der Waals surface area contributed by atoms with E-state index >= 15 is 0 Å². The van der Waals surface area contributed by atoms with Crippen LogP contribution >= 0.6 is 0 Å². The summed E-state index contributed by atoms with van der Waals surface area (Å²) >= 11 is 0. The van der Waals surface area contributed by atoms with Gasteiger partial charge in [0, 0.05) is 19.3 Å². The van der Waals surface area contributed by atoms with E-state index in [4.69, 9.17) is 4.74 Å². The highest BCUT2D eigenvalue weighted by molar-refractivity contribution is 4.78. The molecule has 1 fully saturated rings. The van der Waals surface area contributed by atoms with Gasteiger partial charge in [-0.3, -0.25) is 0 Å². The molecular formula is C13H27NO. The molecule has 15 heavy (non-hydrogen) atoms. The number of ether oxygens (including phenoxy) is 1. The normalized spacial score (nSPS) is 21.6. The Morgan fingerprint density at radius 2 is 1.93 bits per heavy atom. The fourth-order valence-corrected chi connectivity index (χ4v) is 2.75. The van der Waals surface area contributed by atoms with Gasteiger partial charge in [-0.2, -0.15) is 0 Å². The minimum Gasteiger partial charge on any atom is -0.381 e. The molecule has 0 amide bonds. The van der Waals surface area contributed by atoms with Crippen LogP contribution in [0.5, 0.6) is 0 Å². The van der Waals surface area contributed by atoms with Crippen molar-refractivity contribution in [1.29, 1.82) is 0 Å². The van der Waals surface area contributed by atoms with E-state index in [1.807, 2.05) is 0 Å². The third kappa shape index (κ3) is 4.98. The zero-order valence-electron chi connectivity index (χ0n) is 10.8. The number of rotatable bonds is 5. The Hall–Kier alpha value is -0.0800. The molecule has 2 heteroatoms. The van der Waals surface area contributed by atoms with E-state index in [0.29, 0.717) is 11.5 Å². The zero-order chi connectivity index (χ0) is 11.3. The van der Waals surface area contributed by atoms with Gasteiger partial charge >= 0.3 is 0 Å². The lowest BCUT2D eigenvalue weighted by atomic mass is 9.76. The Morgan fingerprint density at radius 3 is 2.47 bits per heavy atom. The van der Waals surface area contributed by atoms with E-state index in [-0.39, 0.29) is 0 Å². The molecule has 0 saturated carbocycles. The molecule has 2 nitrogen and oxygen atoms in total. The zero-order valence-corrected chi connectivity index (χ0v) is 10.8. The van der Waals surface area contributed by atoms with Crippen LogP contribution in [0, 0.1) is 11.3 Å². The highest BCUT2D eigenvalue weighted by atomic mass is 16.5. The summed E-state index contributed by atoms with van der Waals surface area (Å²) in [6.07, 6.45) is 5.14. The Labute approximate surface area is 94.8 Å². The van der Waals surface area contributed by atoms with Gasteiger partial charge in [0.05, 0.1) is 0 Å². The maximum absolute atomic E-state index is 5.40. The molecular weight excluding hydrogens is 186 g/mol. The van der Waals surface area contributed by atoms with Crippen molar-refractivity contribution in [2.24, 2.45) is 11.3 Å². The predicted octanol–water partition coefficient (Wildman–Crippen LogP) is 2.83. The average molecular weight is 213 g/mol. The van der Waals surface area contributed by atoms with Gasteiger partial charge in [-0.05, 0) is 51.0 Å². The van der Waals surface area contributed by atoms with Gasteiger partial charge in [-0.25, -0.2) is 0 Å². The van der Waals surface area contributed by atoms with Crippen molar-refractivity contribution in [3.05, 3.63) is 0 Å². The fourth-order valence-electron chi connectivity index (χ4n) is 2.75. The van der Waals surface area contributed by atoms with E-state index in [1.165, 1.54) is 25.7 Å². The van der Waals surface area contributed by atoms with Crippen LogP contribution in [0.2, 0.25) is 0 Å². The molecule has 0 bridgehead atoms. The van der Waals surface area contributed by atoms with Gasteiger partial charge in [0.15, 0.2) is 0 Å². The Kier molecular flexibility index (Phi) is 5.07. The summed E-state index contributed by atoms with van der Waals surface area (Å²) < 4.78 is 5.40. The summed E-state index contributed by atoms with van der Waals surface area (Å²) in [5, 5.41) is 3.33. The molecule has 1 aliphatic heterocycles. The molecule has 1 atom stereocenters. The molecule has 1 unspecified atom stereocenters. The average Bonchev–Trinajstić information content (AvgIpc) is 2.17. The Balaban J connectivity index is 2.33. The maximum atomic E-state index is 5.40. The first-order valence-electron chi connectivity index (χ1n) is 6.28. The fraction of sp³-hybridized carbons (Fsp3) is 1.00. The molecule has 0 aromatic heterocycles. The predicted molar refractivity (Wildman–Crippen MR) is 65.1 cm³/mol. The second-order valence-electron chi connectivity index (χ2n) is 5.82. The maximum Gasteiger partial charge on any atom is 0.0468 e. The number of hydrogen-bond acceptors (Lipinski definition) is 2. The van der Waals surface area contributed by atoms with Gasteiger partial charge in [-0.15, -0.1) is 0 Å². The van der Waals surface area contributed by atoms with Gasteiger partial charge in [0.2, 0.25) is 0 Å². The Bertz CT molecular complexity index is 173. The molecule has 0 aliphatic carbocycles. The number of nitrogens with one attached hydrogen (secondary N) is 1. The van der Waals surface area contributed by atoms with Crippen LogP contribution in [0.4, 0.5) is 0 Å². The quantitative estimate of drug-likeness (QED) is 0.758. The molecule has 0 radical (unpaired) electrons. The summed E-state index contributed by atoms with van der Waals surface area (Å²) in [5.74, 6) is 0.887. The summed E-state index contributed by atoms with van der Waals surface area (Å²) in [4.78, 5) is 0. The molecule has 1 N–H and O–H groups in total. The van der Waals surface area contributed by atoms with E-state index in [9.17, 15) is 0 Å². The minimum atomic E-state index is 0.463. The van der Waals surface area contributed by atoms with Crippen molar-refractivity contribution in [1.82, 2.24) is 5.32 Å². The molecule has 0 aromatic carbocycles. The molecule has 0 spiro atoms. The summed E-state index contributed by atoms with van der Waals surface area (Å²) in [6, 6.07) is 0.625. The first kappa shape index (κ1) is 13.0. The van der Waals surface area contributed by atoms with Crippen molar-refractivity contribution in [2.45, 2.75) is 52.5 Å². The van der Waals surface area contributed by atoms with Crippen molar-refractivity contribution < 1.29 is 4.74 Å². The molecule has 1 rings (SSSR count). The van der Waals surface area contributed by atoms with Crippen LogP contribution in [0.25, 0.3) is 0 Å². The standard InChI is InChI=1S/C13H27NO/c1-11(14-4)9-13(2,3)10-12-5-7-15-8-6-12/h11-12,14H,5-10H2,1-4H3. The second kappa shape index (κ2) is 5.86. The molecule has 1 heterocycles. The molecule has 1 aliphatic rings. The smallest absolute Gasteiger partial charge is 0.0468 e. The molecule has 90 valence electrons. The van der Waals surface area contributed by atoms with E-state index in [0.717, 1.165) is 19.1 Å². The summed E-state index contributed by atoms with van der Waals surface area (Å²) in [5.41, 5.74) is 0.463. The topological polar surface area (TPSA) is 21.3 Å². The Morgan fingerprint density at radius 1 is 1.33 bits per heavy atom. The highest BCUT2D eigenvalue weighted by Gasteiger charge is 2.26. The van der Waals surface area contributed by atoms with Crippen LogP contribution in [0.1, 0.15) is 46.5 Å². The van der Waals surface area contributed by atoms with Crippen molar-refractivity contribution in [2.75, 3.05) is 20.3 Å². The van der Waals surface area contributed by atoms with Crippen LogP contribution in [0.3, 0.4) is 0 Å². The summed E-state index contributed by atoms with van der Waals surface area (Å²) in [7, 11) is 2.05. The van der Waals surface area contributed by atoms with E-state index in [1.54, 1.807) is 0 Å². The molecule has 1 saturated heterocycles. The van der Waals surface area contributed by atoms with Gasteiger partial charge in [-0.1, -0.05) is 13.8 Å². The van der Waals surface area contributed by atoms with Crippen molar-refractivity contribution >= 4 is 0 Å².